The van der Waals surface area contributed by atoms with Crippen LogP contribution in [0.5, 0.6) is 0 Å². The van der Waals surface area contributed by atoms with Crippen LogP contribution in [0.15, 0.2) is 12.4 Å². The molecule has 78 valence electrons. The molecule has 1 aromatic heterocycles. The zero-order valence-corrected chi connectivity index (χ0v) is 8.36. The number of rotatable bonds is 1. The highest BCUT2D eigenvalue weighted by Crippen LogP contribution is 2.16. The molecule has 15 heavy (non-hydrogen) atoms. The molecule has 0 atom stereocenters. The third-order valence-corrected chi connectivity index (χ3v) is 2.16. The zero-order chi connectivity index (χ0) is 10.8. The maximum atomic E-state index is 11.4. The van der Waals surface area contributed by atoms with E-state index in [1.807, 2.05) is 0 Å². The maximum Gasteiger partial charge on any atom is 0.329 e. The molecule has 3 amide bonds. The SMILES string of the molecule is O=C1CCN(c2cc(Cl)ncn2)C(=O)N1. The van der Waals surface area contributed by atoms with Crippen LogP contribution in [0.4, 0.5) is 10.6 Å². The van der Waals surface area contributed by atoms with Gasteiger partial charge in [-0.3, -0.25) is 15.0 Å². The topological polar surface area (TPSA) is 75.2 Å². The molecular formula is C8H7ClN4O2. The van der Waals surface area contributed by atoms with E-state index in [0.717, 1.165) is 0 Å². The van der Waals surface area contributed by atoms with E-state index in [-0.39, 0.29) is 17.5 Å². The lowest BCUT2D eigenvalue weighted by atomic mass is 10.3. The molecule has 0 aromatic carbocycles. The van der Waals surface area contributed by atoms with E-state index in [0.29, 0.717) is 12.4 Å². The summed E-state index contributed by atoms with van der Waals surface area (Å²) in [5.41, 5.74) is 0. The molecule has 1 aliphatic heterocycles. The fourth-order valence-electron chi connectivity index (χ4n) is 1.25. The highest BCUT2D eigenvalue weighted by molar-refractivity contribution is 6.29. The molecule has 1 saturated heterocycles. The predicted octanol–water partition coefficient (Wildman–Crippen LogP) is 0.576. The lowest BCUT2D eigenvalue weighted by molar-refractivity contribution is -0.120. The van der Waals surface area contributed by atoms with E-state index in [4.69, 9.17) is 11.6 Å². The summed E-state index contributed by atoms with van der Waals surface area (Å²) < 4.78 is 0. The molecule has 7 heteroatoms. The number of hydrogen-bond acceptors (Lipinski definition) is 4. The largest absolute Gasteiger partial charge is 0.329 e. The first kappa shape index (κ1) is 9.85. The van der Waals surface area contributed by atoms with E-state index >= 15 is 0 Å². The molecule has 2 rings (SSSR count). The number of amides is 3. The van der Waals surface area contributed by atoms with Gasteiger partial charge >= 0.3 is 6.03 Å². The van der Waals surface area contributed by atoms with Crippen molar-refractivity contribution in [3.8, 4) is 0 Å². The molecular weight excluding hydrogens is 220 g/mol. The number of imide groups is 1. The Morgan fingerprint density at radius 1 is 1.40 bits per heavy atom. The zero-order valence-electron chi connectivity index (χ0n) is 7.61. The van der Waals surface area contributed by atoms with Crippen LogP contribution in [0.25, 0.3) is 0 Å². The quantitative estimate of drug-likeness (QED) is 0.711. The van der Waals surface area contributed by atoms with Gasteiger partial charge in [0.25, 0.3) is 0 Å². The molecule has 2 heterocycles. The van der Waals surface area contributed by atoms with Crippen molar-refractivity contribution in [2.45, 2.75) is 6.42 Å². The Bertz CT molecular complexity index is 423. The molecule has 0 aliphatic carbocycles. The Kier molecular flexibility index (Phi) is 2.51. The number of carbonyl (C=O) groups is 2. The van der Waals surface area contributed by atoms with Crippen molar-refractivity contribution < 1.29 is 9.59 Å². The third kappa shape index (κ3) is 2.04. The smallest absolute Gasteiger partial charge is 0.278 e. The van der Waals surface area contributed by atoms with Gasteiger partial charge in [0.2, 0.25) is 5.91 Å². The van der Waals surface area contributed by atoms with Crippen molar-refractivity contribution >= 4 is 29.4 Å². The van der Waals surface area contributed by atoms with Gasteiger partial charge in [0, 0.05) is 19.0 Å². The van der Waals surface area contributed by atoms with Gasteiger partial charge in [0.15, 0.2) is 0 Å². The molecule has 0 radical (unpaired) electrons. The summed E-state index contributed by atoms with van der Waals surface area (Å²) >= 11 is 5.66. The van der Waals surface area contributed by atoms with Crippen LogP contribution in [0.1, 0.15) is 6.42 Å². The minimum atomic E-state index is -0.485. The second-order valence-corrected chi connectivity index (χ2v) is 3.34. The van der Waals surface area contributed by atoms with E-state index < -0.39 is 6.03 Å². The summed E-state index contributed by atoms with van der Waals surface area (Å²) in [5.74, 6) is 0.108. The van der Waals surface area contributed by atoms with Crippen LogP contribution in [-0.4, -0.2) is 28.5 Å². The lowest BCUT2D eigenvalue weighted by Gasteiger charge is -2.25. The van der Waals surface area contributed by atoms with Gasteiger partial charge in [-0.25, -0.2) is 14.8 Å². The minimum absolute atomic E-state index is 0.254. The fraction of sp³-hybridized carbons (Fsp3) is 0.250. The molecule has 1 aromatic rings. The monoisotopic (exact) mass is 226 g/mol. The van der Waals surface area contributed by atoms with Gasteiger partial charge in [-0.2, -0.15) is 0 Å². The van der Waals surface area contributed by atoms with E-state index in [1.165, 1.54) is 17.3 Å². The van der Waals surface area contributed by atoms with Crippen molar-refractivity contribution in [3.63, 3.8) is 0 Å². The second kappa shape index (κ2) is 3.82. The Balaban J connectivity index is 2.24. The number of nitrogens with zero attached hydrogens (tertiary/aromatic N) is 3. The first-order valence-corrected chi connectivity index (χ1v) is 4.63. The number of urea groups is 1. The summed E-state index contributed by atoms with van der Waals surface area (Å²) in [4.78, 5) is 31.2. The Labute approximate surface area is 90.3 Å². The summed E-state index contributed by atoms with van der Waals surface area (Å²) in [6.07, 6.45) is 1.52. The number of halogens is 1. The standard InChI is InChI=1S/C8H7ClN4O2/c9-5-3-6(11-4-10-5)13-2-1-7(14)12-8(13)15/h3-4H,1-2H2,(H,12,14,15). The second-order valence-electron chi connectivity index (χ2n) is 2.95. The lowest BCUT2D eigenvalue weighted by Crippen LogP contribution is -2.49. The summed E-state index contributed by atoms with van der Waals surface area (Å²) in [5, 5.41) is 2.45. The average Bonchev–Trinajstić information content (AvgIpc) is 2.17. The molecule has 0 bridgehead atoms. The predicted molar refractivity (Wildman–Crippen MR) is 52.5 cm³/mol. The van der Waals surface area contributed by atoms with Crippen molar-refractivity contribution in [1.82, 2.24) is 15.3 Å². The minimum Gasteiger partial charge on any atom is -0.278 e. The van der Waals surface area contributed by atoms with Gasteiger partial charge in [0.1, 0.15) is 17.3 Å². The van der Waals surface area contributed by atoms with E-state index in [2.05, 4.69) is 15.3 Å². The van der Waals surface area contributed by atoms with Crippen molar-refractivity contribution in [2.24, 2.45) is 0 Å². The number of anilines is 1. The highest BCUT2D eigenvalue weighted by atomic mass is 35.5. The Hall–Kier alpha value is -1.69. The number of hydrogen-bond donors (Lipinski definition) is 1. The van der Waals surface area contributed by atoms with Gasteiger partial charge in [-0.1, -0.05) is 11.6 Å². The number of nitrogens with one attached hydrogen (secondary N) is 1. The van der Waals surface area contributed by atoms with Gasteiger partial charge in [-0.05, 0) is 0 Å². The van der Waals surface area contributed by atoms with Crippen LogP contribution >= 0.6 is 11.6 Å². The summed E-state index contributed by atoms with van der Waals surface area (Å²) in [6.45, 7) is 0.304. The molecule has 0 spiro atoms. The van der Waals surface area contributed by atoms with Crippen LogP contribution in [-0.2, 0) is 4.79 Å². The normalized spacial score (nSPS) is 16.5. The maximum absolute atomic E-state index is 11.4. The molecule has 1 fully saturated rings. The fourth-order valence-corrected chi connectivity index (χ4v) is 1.40. The molecule has 6 nitrogen and oxygen atoms in total. The molecule has 1 aliphatic rings. The van der Waals surface area contributed by atoms with Gasteiger partial charge in [-0.15, -0.1) is 0 Å². The summed E-state index contributed by atoms with van der Waals surface area (Å²) in [7, 11) is 0. The van der Waals surface area contributed by atoms with Crippen molar-refractivity contribution in [1.29, 1.82) is 0 Å². The highest BCUT2D eigenvalue weighted by Gasteiger charge is 2.25. The van der Waals surface area contributed by atoms with Crippen LogP contribution < -0.4 is 10.2 Å². The third-order valence-electron chi connectivity index (χ3n) is 1.95. The number of aromatic nitrogens is 2. The van der Waals surface area contributed by atoms with Crippen LogP contribution in [0.3, 0.4) is 0 Å². The van der Waals surface area contributed by atoms with Crippen LogP contribution in [0.2, 0.25) is 5.15 Å². The first-order chi connectivity index (χ1) is 7.16. The van der Waals surface area contributed by atoms with E-state index in [9.17, 15) is 9.59 Å². The van der Waals surface area contributed by atoms with Crippen molar-refractivity contribution in [3.05, 3.63) is 17.5 Å². The molecule has 0 unspecified atom stereocenters. The average molecular weight is 227 g/mol. The Morgan fingerprint density at radius 3 is 2.87 bits per heavy atom. The number of carbonyl (C=O) groups excluding carboxylic acids is 2. The van der Waals surface area contributed by atoms with Crippen molar-refractivity contribution in [2.75, 3.05) is 11.4 Å². The van der Waals surface area contributed by atoms with E-state index in [1.54, 1.807) is 0 Å². The summed E-state index contributed by atoms with van der Waals surface area (Å²) in [6, 6.07) is 0.984. The van der Waals surface area contributed by atoms with Gasteiger partial charge in [0.05, 0.1) is 0 Å². The molecule has 1 N–H and O–H groups in total. The molecule has 0 saturated carbocycles. The Morgan fingerprint density at radius 2 is 2.20 bits per heavy atom. The van der Waals surface area contributed by atoms with Crippen LogP contribution in [0, 0.1) is 0 Å². The van der Waals surface area contributed by atoms with Gasteiger partial charge < -0.3 is 0 Å². The first-order valence-electron chi connectivity index (χ1n) is 4.26.